The van der Waals surface area contributed by atoms with E-state index in [1.165, 1.54) is 11.1 Å². The van der Waals surface area contributed by atoms with Crippen LogP contribution in [0.4, 0.5) is 0 Å². The van der Waals surface area contributed by atoms with E-state index < -0.39 is 10.0 Å². The van der Waals surface area contributed by atoms with Crippen LogP contribution in [0.25, 0.3) is 0 Å². The molecule has 0 heterocycles. The van der Waals surface area contributed by atoms with Gasteiger partial charge in [0, 0.05) is 32.6 Å². The van der Waals surface area contributed by atoms with E-state index >= 15 is 0 Å². The molecular weight excluding hydrogens is 384 g/mol. The number of guanidine groups is 1. The first-order valence-corrected chi connectivity index (χ1v) is 11.7. The third kappa shape index (κ3) is 8.25. The highest BCUT2D eigenvalue weighted by atomic mass is 32.2. The third-order valence-electron chi connectivity index (χ3n) is 4.70. The van der Waals surface area contributed by atoms with Gasteiger partial charge in [0.15, 0.2) is 5.96 Å². The fourth-order valence-corrected chi connectivity index (χ4v) is 3.74. The average molecular weight is 417 g/mol. The van der Waals surface area contributed by atoms with E-state index in [0.717, 1.165) is 18.9 Å². The number of benzene rings is 2. The van der Waals surface area contributed by atoms with Gasteiger partial charge in [-0.25, -0.2) is 13.1 Å². The third-order valence-corrected chi connectivity index (χ3v) is 6.10. The van der Waals surface area contributed by atoms with Gasteiger partial charge in [-0.05, 0) is 30.9 Å². The second-order valence-electron chi connectivity index (χ2n) is 6.74. The second kappa shape index (κ2) is 12.2. The molecule has 0 saturated carbocycles. The maximum atomic E-state index is 11.4. The van der Waals surface area contributed by atoms with Crippen LogP contribution in [0.1, 0.15) is 36.8 Å². The van der Waals surface area contributed by atoms with Crippen molar-refractivity contribution in [2.45, 2.75) is 25.7 Å². The normalized spacial score (nSPS) is 12.2. The van der Waals surface area contributed by atoms with Gasteiger partial charge in [0.05, 0.1) is 5.75 Å². The van der Waals surface area contributed by atoms with E-state index in [2.05, 4.69) is 68.9 Å². The standard InChI is InChI=1S/C22H32N4O2S/c1-3-29(27,28)26-17-10-16-24-22(23-2)25-18-15-21(19-11-6-4-7-12-19)20-13-8-5-9-14-20/h4-9,11-14,21,26H,3,10,15-18H2,1-2H3,(H2,23,24,25). The Balaban J connectivity index is 1.82. The number of rotatable bonds is 11. The van der Waals surface area contributed by atoms with E-state index in [9.17, 15) is 8.42 Å². The predicted molar refractivity (Wildman–Crippen MR) is 121 cm³/mol. The Labute approximate surface area is 174 Å². The summed E-state index contributed by atoms with van der Waals surface area (Å²) in [6.07, 6.45) is 1.63. The van der Waals surface area contributed by atoms with Gasteiger partial charge in [-0.3, -0.25) is 4.99 Å². The van der Waals surface area contributed by atoms with Crippen molar-refractivity contribution in [2.75, 3.05) is 32.4 Å². The zero-order chi connectivity index (χ0) is 21.0. The Morgan fingerprint density at radius 1 is 0.897 bits per heavy atom. The fraction of sp³-hybridized carbons (Fsp3) is 0.409. The summed E-state index contributed by atoms with van der Waals surface area (Å²) < 4.78 is 25.4. The molecule has 0 saturated heterocycles. The van der Waals surface area contributed by atoms with Crippen LogP contribution in [-0.4, -0.2) is 46.8 Å². The van der Waals surface area contributed by atoms with Crippen LogP contribution < -0.4 is 15.4 Å². The Morgan fingerprint density at radius 2 is 1.45 bits per heavy atom. The average Bonchev–Trinajstić information content (AvgIpc) is 2.76. The monoisotopic (exact) mass is 416 g/mol. The molecule has 6 nitrogen and oxygen atoms in total. The highest BCUT2D eigenvalue weighted by molar-refractivity contribution is 7.89. The molecule has 0 aliphatic carbocycles. The number of sulfonamides is 1. The van der Waals surface area contributed by atoms with Crippen molar-refractivity contribution in [3.63, 3.8) is 0 Å². The second-order valence-corrected chi connectivity index (χ2v) is 8.84. The maximum Gasteiger partial charge on any atom is 0.211 e. The summed E-state index contributed by atoms with van der Waals surface area (Å²) in [6.45, 7) is 3.47. The molecule has 0 aromatic heterocycles. The van der Waals surface area contributed by atoms with Crippen LogP contribution in [0.2, 0.25) is 0 Å². The molecule has 2 aromatic rings. The Kier molecular flexibility index (Phi) is 9.67. The van der Waals surface area contributed by atoms with Crippen molar-refractivity contribution in [3.8, 4) is 0 Å². The summed E-state index contributed by atoms with van der Waals surface area (Å²) in [4.78, 5) is 4.25. The predicted octanol–water partition coefficient (Wildman–Crippen LogP) is 2.70. The lowest BCUT2D eigenvalue weighted by Crippen LogP contribution is -2.39. The molecule has 29 heavy (non-hydrogen) atoms. The first-order chi connectivity index (χ1) is 14.1. The molecule has 0 aliphatic rings. The van der Waals surface area contributed by atoms with Crippen molar-refractivity contribution < 1.29 is 8.42 Å². The summed E-state index contributed by atoms with van der Waals surface area (Å²) in [5.41, 5.74) is 2.60. The van der Waals surface area contributed by atoms with Crippen LogP contribution >= 0.6 is 0 Å². The van der Waals surface area contributed by atoms with Gasteiger partial charge < -0.3 is 10.6 Å². The molecule has 0 fully saturated rings. The van der Waals surface area contributed by atoms with E-state index in [1.807, 2.05) is 12.1 Å². The first kappa shape index (κ1) is 22.9. The van der Waals surface area contributed by atoms with Gasteiger partial charge in [-0.15, -0.1) is 0 Å². The van der Waals surface area contributed by atoms with E-state index in [0.29, 0.717) is 25.4 Å². The smallest absolute Gasteiger partial charge is 0.211 e. The van der Waals surface area contributed by atoms with Crippen LogP contribution in [-0.2, 0) is 10.0 Å². The lowest BCUT2D eigenvalue weighted by molar-refractivity contribution is 0.579. The SMILES string of the molecule is CCS(=O)(=O)NCCCNC(=NC)NCCC(c1ccccc1)c1ccccc1. The minimum atomic E-state index is -3.13. The Hall–Kier alpha value is -2.38. The number of aliphatic imine (C=N–C) groups is 1. The van der Waals surface area contributed by atoms with Crippen molar-refractivity contribution in [1.29, 1.82) is 0 Å². The van der Waals surface area contributed by atoms with Gasteiger partial charge in [0.2, 0.25) is 10.0 Å². The summed E-state index contributed by atoms with van der Waals surface area (Å²) in [6, 6.07) is 21.1. The summed E-state index contributed by atoms with van der Waals surface area (Å²) in [7, 11) is -1.39. The molecule has 0 aliphatic heterocycles. The highest BCUT2D eigenvalue weighted by Gasteiger charge is 2.13. The van der Waals surface area contributed by atoms with Crippen LogP contribution in [0.15, 0.2) is 65.7 Å². The molecule has 7 heteroatoms. The lowest BCUT2D eigenvalue weighted by atomic mass is 9.88. The number of nitrogens with zero attached hydrogens (tertiary/aromatic N) is 1. The Bertz CT molecular complexity index is 800. The molecule has 158 valence electrons. The topological polar surface area (TPSA) is 82.6 Å². The minimum absolute atomic E-state index is 0.105. The molecule has 0 bridgehead atoms. The van der Waals surface area contributed by atoms with E-state index in [4.69, 9.17) is 0 Å². The summed E-state index contributed by atoms with van der Waals surface area (Å²) in [5.74, 6) is 1.14. The quantitative estimate of drug-likeness (QED) is 0.299. The zero-order valence-corrected chi connectivity index (χ0v) is 18.1. The molecule has 2 aromatic carbocycles. The molecule has 0 radical (unpaired) electrons. The number of hydrogen-bond acceptors (Lipinski definition) is 3. The molecule has 0 atom stereocenters. The van der Waals surface area contributed by atoms with Gasteiger partial charge in [-0.1, -0.05) is 60.7 Å². The zero-order valence-electron chi connectivity index (χ0n) is 17.3. The van der Waals surface area contributed by atoms with Gasteiger partial charge in [0.25, 0.3) is 0 Å². The van der Waals surface area contributed by atoms with Crippen molar-refractivity contribution in [3.05, 3.63) is 71.8 Å². The summed E-state index contributed by atoms with van der Waals surface area (Å²) >= 11 is 0. The van der Waals surface area contributed by atoms with E-state index in [1.54, 1.807) is 14.0 Å². The first-order valence-electron chi connectivity index (χ1n) is 10.1. The number of hydrogen-bond donors (Lipinski definition) is 3. The fourth-order valence-electron chi connectivity index (χ4n) is 3.08. The minimum Gasteiger partial charge on any atom is -0.356 e. The van der Waals surface area contributed by atoms with Gasteiger partial charge in [-0.2, -0.15) is 0 Å². The number of nitrogens with one attached hydrogen (secondary N) is 3. The van der Waals surface area contributed by atoms with Gasteiger partial charge >= 0.3 is 0 Å². The van der Waals surface area contributed by atoms with Crippen molar-refractivity contribution in [2.24, 2.45) is 4.99 Å². The maximum absolute atomic E-state index is 11.4. The highest BCUT2D eigenvalue weighted by Crippen LogP contribution is 2.27. The summed E-state index contributed by atoms with van der Waals surface area (Å²) in [5, 5.41) is 6.59. The molecule has 0 amide bonds. The molecular formula is C22H32N4O2S. The lowest BCUT2D eigenvalue weighted by Gasteiger charge is -2.19. The van der Waals surface area contributed by atoms with Crippen molar-refractivity contribution >= 4 is 16.0 Å². The van der Waals surface area contributed by atoms with Crippen LogP contribution in [0.5, 0.6) is 0 Å². The van der Waals surface area contributed by atoms with Crippen LogP contribution in [0, 0.1) is 0 Å². The van der Waals surface area contributed by atoms with Gasteiger partial charge in [0.1, 0.15) is 0 Å². The molecule has 3 N–H and O–H groups in total. The molecule has 2 rings (SSSR count). The van der Waals surface area contributed by atoms with Crippen LogP contribution in [0.3, 0.4) is 0 Å². The van der Waals surface area contributed by atoms with Crippen molar-refractivity contribution in [1.82, 2.24) is 15.4 Å². The Morgan fingerprint density at radius 3 is 1.97 bits per heavy atom. The molecule has 0 unspecified atom stereocenters. The van der Waals surface area contributed by atoms with E-state index in [-0.39, 0.29) is 5.75 Å². The molecule has 0 spiro atoms. The largest absolute Gasteiger partial charge is 0.356 e.